The summed E-state index contributed by atoms with van der Waals surface area (Å²) in [6.45, 7) is 0.641. The first-order valence-electron chi connectivity index (χ1n) is 8.35. The van der Waals surface area contributed by atoms with Gasteiger partial charge < -0.3 is 19.6 Å². The number of benzene rings is 1. The van der Waals surface area contributed by atoms with Crippen molar-refractivity contribution in [2.45, 2.75) is 29.5 Å². The molecular weight excluding hydrogens is 360 g/mol. The molecule has 1 aliphatic heterocycles. The smallest absolute Gasteiger partial charge is 0.314 e. The van der Waals surface area contributed by atoms with E-state index in [0.717, 1.165) is 6.42 Å². The minimum Gasteiger partial charge on any atom is -0.376 e. The Bertz CT molecular complexity index is 1070. The van der Waals surface area contributed by atoms with Gasteiger partial charge in [-0.1, -0.05) is 0 Å². The predicted molar refractivity (Wildman–Crippen MR) is 94.6 cm³/mol. The van der Waals surface area contributed by atoms with Gasteiger partial charge in [0.2, 0.25) is 10.0 Å². The minimum atomic E-state index is -3.79. The summed E-state index contributed by atoms with van der Waals surface area (Å²) in [5, 5.41) is 0. The third kappa shape index (κ3) is 2.69. The van der Waals surface area contributed by atoms with E-state index in [2.05, 4.69) is 14.7 Å². The number of ether oxygens (including phenoxy) is 1. The molecule has 4 atom stereocenters. The van der Waals surface area contributed by atoms with Gasteiger partial charge in [0.05, 0.1) is 28.1 Å². The lowest BCUT2D eigenvalue weighted by Crippen LogP contribution is -2.69. The van der Waals surface area contributed by atoms with Gasteiger partial charge in [0.15, 0.2) is 0 Å². The van der Waals surface area contributed by atoms with E-state index in [1.807, 2.05) is 19.0 Å². The summed E-state index contributed by atoms with van der Waals surface area (Å²) < 4.78 is 34.2. The second-order valence-electron chi connectivity index (χ2n) is 7.00. The summed E-state index contributed by atoms with van der Waals surface area (Å²) in [5.41, 5.74) is -0.968. The summed E-state index contributed by atoms with van der Waals surface area (Å²) in [4.78, 5) is 29.7. The Morgan fingerprint density at radius 3 is 2.54 bits per heavy atom. The standard InChI is InChI=1S/C16H20N4O5S/c1-20(2)13-12(9-5-6-25-14(9)13)19-26(23,24)8-3-4-10-11(7-8)18-16(22)15(21)17-10/h3-4,7,9,12-14,19H,5-6H2,1-2H3,(H,17,21)(H,18,22)/t9-,12+,13-,14-/m1/s1. The molecule has 26 heavy (non-hydrogen) atoms. The lowest BCUT2D eigenvalue weighted by Gasteiger charge is -2.50. The van der Waals surface area contributed by atoms with Crippen molar-refractivity contribution in [3.8, 4) is 0 Å². The minimum absolute atomic E-state index is 0.0195. The van der Waals surface area contributed by atoms with Crippen LogP contribution in [0.15, 0.2) is 32.7 Å². The number of H-pyrrole nitrogens is 2. The number of likely N-dealkylation sites (N-methyl/N-ethyl adjacent to an activating group) is 1. The zero-order valence-corrected chi connectivity index (χ0v) is 15.2. The van der Waals surface area contributed by atoms with Crippen molar-refractivity contribution in [1.29, 1.82) is 0 Å². The van der Waals surface area contributed by atoms with Crippen LogP contribution in [0, 0.1) is 5.92 Å². The Morgan fingerprint density at radius 2 is 1.85 bits per heavy atom. The van der Waals surface area contributed by atoms with Gasteiger partial charge in [-0.05, 0) is 38.7 Å². The fourth-order valence-electron chi connectivity index (χ4n) is 3.96. The maximum absolute atomic E-state index is 12.9. The average Bonchev–Trinajstić information content (AvgIpc) is 2.96. The second kappa shape index (κ2) is 6.02. The number of hydrogen-bond acceptors (Lipinski definition) is 6. The third-order valence-electron chi connectivity index (χ3n) is 5.24. The Labute approximate surface area is 149 Å². The van der Waals surface area contributed by atoms with E-state index in [1.165, 1.54) is 18.2 Å². The maximum atomic E-state index is 12.9. The van der Waals surface area contributed by atoms with Gasteiger partial charge in [-0.15, -0.1) is 0 Å². The Hall–Kier alpha value is -2.01. The molecule has 140 valence electrons. The van der Waals surface area contributed by atoms with Crippen molar-refractivity contribution in [3.05, 3.63) is 38.9 Å². The molecule has 9 nitrogen and oxygen atoms in total. The maximum Gasteiger partial charge on any atom is 0.314 e. The van der Waals surface area contributed by atoms with Crippen LogP contribution >= 0.6 is 0 Å². The molecule has 0 amide bonds. The summed E-state index contributed by atoms with van der Waals surface area (Å²) in [5.74, 6) is 0.161. The highest BCUT2D eigenvalue weighted by atomic mass is 32.2. The molecule has 0 bridgehead atoms. The molecule has 1 saturated carbocycles. The molecule has 3 N–H and O–H groups in total. The summed E-state index contributed by atoms with van der Waals surface area (Å²) in [7, 11) is 0.0213. The van der Waals surface area contributed by atoms with E-state index in [9.17, 15) is 18.0 Å². The number of hydrogen-bond donors (Lipinski definition) is 3. The van der Waals surface area contributed by atoms with E-state index >= 15 is 0 Å². The van der Waals surface area contributed by atoms with Crippen molar-refractivity contribution in [1.82, 2.24) is 19.6 Å². The van der Waals surface area contributed by atoms with Crippen LogP contribution in [0.1, 0.15) is 6.42 Å². The van der Waals surface area contributed by atoms with Crippen LogP contribution in [-0.2, 0) is 14.8 Å². The molecule has 1 aliphatic carbocycles. The molecule has 1 saturated heterocycles. The van der Waals surface area contributed by atoms with Crippen LogP contribution in [0.5, 0.6) is 0 Å². The number of sulfonamides is 1. The molecule has 0 spiro atoms. The lowest BCUT2D eigenvalue weighted by molar-refractivity contribution is -0.0626. The predicted octanol–water partition coefficient (Wildman–Crippen LogP) is -0.788. The average molecular weight is 380 g/mol. The molecule has 0 unspecified atom stereocenters. The van der Waals surface area contributed by atoms with E-state index in [1.54, 1.807) is 0 Å². The fraction of sp³-hybridized carbons (Fsp3) is 0.500. The number of rotatable bonds is 4. The molecule has 4 rings (SSSR count). The first-order chi connectivity index (χ1) is 12.3. The molecule has 10 heteroatoms. The number of nitrogens with one attached hydrogen (secondary N) is 3. The molecule has 2 aliphatic rings. The first-order valence-corrected chi connectivity index (χ1v) is 9.83. The zero-order chi connectivity index (χ0) is 18.6. The van der Waals surface area contributed by atoms with Crippen molar-refractivity contribution in [3.63, 3.8) is 0 Å². The SMILES string of the molecule is CN(C)[C@@H]1[C@@H](NS(=O)(=O)c2ccc3[nH]c(=O)c(=O)[nH]c3c2)[C@H]2CCO[C@H]21. The summed E-state index contributed by atoms with van der Waals surface area (Å²) in [6, 6.07) is 3.97. The molecule has 2 aromatic rings. The van der Waals surface area contributed by atoms with Crippen molar-refractivity contribution < 1.29 is 13.2 Å². The Kier molecular flexibility index (Phi) is 4.03. The van der Waals surface area contributed by atoms with E-state index in [0.29, 0.717) is 12.1 Å². The molecule has 2 fully saturated rings. The first kappa shape index (κ1) is 17.4. The van der Waals surface area contributed by atoms with Gasteiger partial charge in [-0.3, -0.25) is 9.59 Å². The second-order valence-corrected chi connectivity index (χ2v) is 8.72. The molecule has 1 aromatic heterocycles. The van der Waals surface area contributed by atoms with Gasteiger partial charge in [0, 0.05) is 18.6 Å². The van der Waals surface area contributed by atoms with Gasteiger partial charge >= 0.3 is 11.1 Å². The molecule has 2 heterocycles. The monoisotopic (exact) mass is 380 g/mol. The third-order valence-corrected chi connectivity index (χ3v) is 6.70. The van der Waals surface area contributed by atoms with Gasteiger partial charge in [-0.2, -0.15) is 0 Å². The number of fused-ring (bicyclic) bond motifs is 2. The largest absolute Gasteiger partial charge is 0.376 e. The highest BCUT2D eigenvalue weighted by Crippen LogP contribution is 2.41. The Morgan fingerprint density at radius 1 is 1.15 bits per heavy atom. The highest BCUT2D eigenvalue weighted by molar-refractivity contribution is 7.89. The summed E-state index contributed by atoms with van der Waals surface area (Å²) >= 11 is 0. The number of aromatic nitrogens is 2. The molecular formula is C16H20N4O5S. The van der Waals surface area contributed by atoms with Crippen LogP contribution in [0.4, 0.5) is 0 Å². The van der Waals surface area contributed by atoms with Crippen LogP contribution in [0.25, 0.3) is 11.0 Å². The van der Waals surface area contributed by atoms with Crippen LogP contribution < -0.4 is 15.8 Å². The van der Waals surface area contributed by atoms with Crippen molar-refractivity contribution in [2.75, 3.05) is 20.7 Å². The summed E-state index contributed by atoms with van der Waals surface area (Å²) in [6.07, 6.45) is 0.879. The highest BCUT2D eigenvalue weighted by Gasteiger charge is 2.56. The van der Waals surface area contributed by atoms with Gasteiger partial charge in [-0.25, -0.2) is 13.1 Å². The lowest BCUT2D eigenvalue weighted by atomic mass is 9.71. The van der Waals surface area contributed by atoms with Crippen LogP contribution in [-0.4, -0.2) is 62.2 Å². The van der Waals surface area contributed by atoms with Crippen molar-refractivity contribution in [2.24, 2.45) is 5.92 Å². The molecule has 1 aromatic carbocycles. The van der Waals surface area contributed by atoms with E-state index in [-0.39, 0.29) is 34.5 Å². The fourth-order valence-corrected chi connectivity index (χ4v) is 5.29. The number of aromatic amines is 2. The Balaban J connectivity index is 1.66. The normalized spacial score (nSPS) is 28.3. The van der Waals surface area contributed by atoms with Crippen LogP contribution in [0.2, 0.25) is 0 Å². The van der Waals surface area contributed by atoms with Gasteiger partial charge in [0.1, 0.15) is 0 Å². The van der Waals surface area contributed by atoms with Crippen molar-refractivity contribution >= 4 is 21.1 Å². The van der Waals surface area contributed by atoms with E-state index < -0.39 is 21.1 Å². The molecule has 0 radical (unpaired) electrons. The van der Waals surface area contributed by atoms with E-state index in [4.69, 9.17) is 4.74 Å². The van der Waals surface area contributed by atoms with Gasteiger partial charge in [0.25, 0.3) is 0 Å². The topological polar surface area (TPSA) is 124 Å². The quantitative estimate of drug-likeness (QED) is 0.597. The zero-order valence-electron chi connectivity index (χ0n) is 14.4. The number of nitrogens with zero attached hydrogens (tertiary/aromatic N) is 1. The van der Waals surface area contributed by atoms with Crippen LogP contribution in [0.3, 0.4) is 0 Å².